The average molecular weight is 269 g/mol. The first-order chi connectivity index (χ1) is 8.20. The van der Waals surface area contributed by atoms with E-state index < -0.39 is 0 Å². The van der Waals surface area contributed by atoms with Crippen molar-refractivity contribution in [2.75, 3.05) is 0 Å². The minimum Gasteiger partial charge on any atom is -0.207 e. The van der Waals surface area contributed by atoms with E-state index in [1.54, 1.807) is 23.5 Å². The van der Waals surface area contributed by atoms with Crippen molar-refractivity contribution in [1.29, 1.82) is 0 Å². The molecular weight excluding hydrogens is 255 g/mol. The van der Waals surface area contributed by atoms with E-state index in [-0.39, 0.29) is 11.2 Å². The van der Waals surface area contributed by atoms with Gasteiger partial charge in [-0.2, -0.15) is 0 Å². The maximum absolute atomic E-state index is 12.8. The van der Waals surface area contributed by atoms with Gasteiger partial charge in [-0.25, -0.2) is 4.39 Å². The van der Waals surface area contributed by atoms with E-state index in [0.717, 1.165) is 18.4 Å². The van der Waals surface area contributed by atoms with Crippen LogP contribution in [0.2, 0.25) is 0 Å². The number of rotatable bonds is 4. The first-order valence-electron chi connectivity index (χ1n) is 5.65. The van der Waals surface area contributed by atoms with E-state index >= 15 is 0 Å². The molecule has 0 aliphatic heterocycles. The first kappa shape index (κ1) is 12.6. The normalized spacial score (nSPS) is 12.6. The van der Waals surface area contributed by atoms with Crippen molar-refractivity contribution in [2.45, 2.75) is 25.1 Å². The number of hydrogen-bond donors (Lipinski definition) is 0. The Hall–Kier alpha value is -0.860. The monoisotopic (exact) mass is 268 g/mol. The van der Waals surface area contributed by atoms with Crippen LogP contribution in [0, 0.1) is 5.82 Å². The SMILES string of the molecule is CCc1ccsc1C(Cl)Cc1ccc(F)cc1. The van der Waals surface area contributed by atoms with Gasteiger partial charge < -0.3 is 0 Å². The van der Waals surface area contributed by atoms with E-state index in [0.29, 0.717) is 0 Å². The summed E-state index contributed by atoms with van der Waals surface area (Å²) in [7, 11) is 0. The molecule has 0 bridgehead atoms. The lowest BCUT2D eigenvalue weighted by Gasteiger charge is -2.10. The Kier molecular flexibility index (Phi) is 4.19. The Labute approximate surface area is 110 Å². The lowest BCUT2D eigenvalue weighted by Crippen LogP contribution is -1.96. The predicted molar refractivity (Wildman–Crippen MR) is 72.4 cm³/mol. The van der Waals surface area contributed by atoms with Crippen molar-refractivity contribution >= 4 is 22.9 Å². The predicted octanol–water partition coefficient (Wildman–Crippen LogP) is 4.97. The molecule has 2 aromatic rings. The van der Waals surface area contributed by atoms with E-state index in [9.17, 15) is 4.39 Å². The summed E-state index contributed by atoms with van der Waals surface area (Å²) in [5, 5.41) is 2.06. The molecule has 1 atom stereocenters. The van der Waals surface area contributed by atoms with Gasteiger partial charge in [0.15, 0.2) is 0 Å². The van der Waals surface area contributed by atoms with Crippen molar-refractivity contribution in [3.05, 3.63) is 57.5 Å². The van der Waals surface area contributed by atoms with Gasteiger partial charge in [0.05, 0.1) is 5.38 Å². The maximum Gasteiger partial charge on any atom is 0.123 e. The van der Waals surface area contributed by atoms with Crippen LogP contribution < -0.4 is 0 Å². The topological polar surface area (TPSA) is 0 Å². The molecule has 0 N–H and O–H groups in total. The second kappa shape index (κ2) is 5.65. The molecule has 0 amide bonds. The Bertz CT molecular complexity index is 475. The van der Waals surface area contributed by atoms with Gasteiger partial charge in [-0.3, -0.25) is 0 Å². The van der Waals surface area contributed by atoms with Crippen LogP contribution in [0.3, 0.4) is 0 Å². The second-order valence-corrected chi connectivity index (χ2v) is 5.44. The van der Waals surface area contributed by atoms with Crippen molar-refractivity contribution in [3.63, 3.8) is 0 Å². The zero-order valence-electron chi connectivity index (χ0n) is 9.62. The van der Waals surface area contributed by atoms with Crippen LogP contribution in [0.5, 0.6) is 0 Å². The number of alkyl halides is 1. The molecule has 0 saturated heterocycles. The minimum absolute atomic E-state index is 0.0181. The summed E-state index contributed by atoms with van der Waals surface area (Å²) in [6, 6.07) is 8.68. The summed E-state index contributed by atoms with van der Waals surface area (Å²) in [6.07, 6.45) is 1.75. The quantitative estimate of drug-likeness (QED) is 0.687. The molecule has 1 heterocycles. The summed E-state index contributed by atoms with van der Waals surface area (Å²) in [5.41, 5.74) is 2.39. The van der Waals surface area contributed by atoms with Gasteiger partial charge in [0.2, 0.25) is 0 Å². The molecule has 1 unspecified atom stereocenters. The van der Waals surface area contributed by atoms with Crippen LogP contribution in [0.4, 0.5) is 4.39 Å². The van der Waals surface area contributed by atoms with Gasteiger partial charge in [-0.1, -0.05) is 19.1 Å². The first-order valence-corrected chi connectivity index (χ1v) is 6.97. The fourth-order valence-electron chi connectivity index (χ4n) is 1.83. The lowest BCUT2D eigenvalue weighted by molar-refractivity contribution is 0.627. The molecule has 1 aromatic carbocycles. The van der Waals surface area contributed by atoms with Gasteiger partial charge in [0, 0.05) is 4.88 Å². The molecule has 0 aliphatic carbocycles. The Balaban J connectivity index is 2.11. The highest BCUT2D eigenvalue weighted by molar-refractivity contribution is 7.10. The summed E-state index contributed by atoms with van der Waals surface area (Å²) >= 11 is 8.12. The molecule has 90 valence electrons. The van der Waals surface area contributed by atoms with Crippen molar-refractivity contribution < 1.29 is 4.39 Å². The second-order valence-electron chi connectivity index (χ2n) is 3.96. The molecule has 0 spiro atoms. The highest BCUT2D eigenvalue weighted by Gasteiger charge is 2.14. The van der Waals surface area contributed by atoms with Gasteiger partial charge in [0.1, 0.15) is 5.82 Å². The smallest absolute Gasteiger partial charge is 0.123 e. The molecular formula is C14H14ClFS. The van der Waals surface area contributed by atoms with E-state index in [1.165, 1.54) is 22.6 Å². The number of aryl methyl sites for hydroxylation is 1. The number of benzene rings is 1. The zero-order valence-corrected chi connectivity index (χ0v) is 11.2. The molecule has 3 heteroatoms. The van der Waals surface area contributed by atoms with Crippen molar-refractivity contribution in [3.8, 4) is 0 Å². The summed E-state index contributed by atoms with van der Waals surface area (Å²) < 4.78 is 12.8. The highest BCUT2D eigenvalue weighted by atomic mass is 35.5. The fraction of sp³-hybridized carbons (Fsp3) is 0.286. The number of halogens is 2. The zero-order chi connectivity index (χ0) is 12.3. The maximum atomic E-state index is 12.8. The molecule has 17 heavy (non-hydrogen) atoms. The van der Waals surface area contributed by atoms with Crippen LogP contribution in [0.1, 0.15) is 28.3 Å². The third-order valence-corrected chi connectivity index (χ3v) is 4.35. The molecule has 0 nitrogen and oxygen atoms in total. The van der Waals surface area contributed by atoms with Crippen LogP contribution in [0.25, 0.3) is 0 Å². The summed E-state index contributed by atoms with van der Waals surface area (Å²) in [5.74, 6) is -0.203. The minimum atomic E-state index is -0.203. The van der Waals surface area contributed by atoms with E-state index in [2.05, 4.69) is 18.4 Å². The molecule has 0 fully saturated rings. The van der Waals surface area contributed by atoms with Gasteiger partial charge >= 0.3 is 0 Å². The third-order valence-electron chi connectivity index (χ3n) is 2.77. The fourth-order valence-corrected chi connectivity index (χ4v) is 3.28. The molecule has 0 saturated carbocycles. The summed E-state index contributed by atoms with van der Waals surface area (Å²) in [4.78, 5) is 1.23. The van der Waals surface area contributed by atoms with Crippen LogP contribution in [-0.4, -0.2) is 0 Å². The standard InChI is InChI=1S/C14H14ClFS/c1-2-11-7-8-17-14(11)13(15)9-10-3-5-12(16)6-4-10/h3-8,13H,2,9H2,1H3. The van der Waals surface area contributed by atoms with Crippen LogP contribution in [0.15, 0.2) is 35.7 Å². The van der Waals surface area contributed by atoms with E-state index in [4.69, 9.17) is 11.6 Å². The number of thiophene rings is 1. The highest BCUT2D eigenvalue weighted by Crippen LogP contribution is 2.32. The Morgan fingerprint density at radius 2 is 1.94 bits per heavy atom. The molecule has 0 radical (unpaired) electrons. The number of hydrogen-bond acceptors (Lipinski definition) is 1. The van der Waals surface area contributed by atoms with Crippen molar-refractivity contribution in [2.24, 2.45) is 0 Å². The molecule has 0 aliphatic rings. The average Bonchev–Trinajstić information content (AvgIpc) is 2.80. The summed E-state index contributed by atoms with van der Waals surface area (Å²) in [6.45, 7) is 2.13. The Morgan fingerprint density at radius 3 is 2.59 bits per heavy atom. The molecule has 2 rings (SSSR count). The van der Waals surface area contributed by atoms with Gasteiger partial charge in [0.25, 0.3) is 0 Å². The Morgan fingerprint density at radius 1 is 1.24 bits per heavy atom. The molecule has 1 aromatic heterocycles. The third kappa shape index (κ3) is 3.08. The van der Waals surface area contributed by atoms with Crippen LogP contribution in [-0.2, 0) is 12.8 Å². The lowest BCUT2D eigenvalue weighted by atomic mass is 10.1. The van der Waals surface area contributed by atoms with Gasteiger partial charge in [-0.15, -0.1) is 22.9 Å². The largest absolute Gasteiger partial charge is 0.207 e. The van der Waals surface area contributed by atoms with E-state index in [1.807, 2.05) is 0 Å². The van der Waals surface area contributed by atoms with Crippen LogP contribution >= 0.6 is 22.9 Å². The van der Waals surface area contributed by atoms with Crippen molar-refractivity contribution in [1.82, 2.24) is 0 Å². The van der Waals surface area contributed by atoms with Gasteiger partial charge in [-0.05, 0) is 47.5 Å².